The van der Waals surface area contributed by atoms with Gasteiger partial charge in [-0.15, -0.1) is 0 Å². The topological polar surface area (TPSA) is 44.1 Å². The summed E-state index contributed by atoms with van der Waals surface area (Å²) < 4.78 is 7.58. The van der Waals surface area contributed by atoms with Crippen molar-refractivity contribution in [3.05, 3.63) is 63.9 Å². The Hall–Kier alpha value is -1.98. The van der Waals surface area contributed by atoms with E-state index in [4.69, 9.17) is 21.3 Å². The fraction of sp³-hybridized carbons (Fsp3) is 0.263. The summed E-state index contributed by atoms with van der Waals surface area (Å²) in [5.41, 5.74) is 0.819. The number of nitrogens with zero attached hydrogens (tertiary/aromatic N) is 2. The van der Waals surface area contributed by atoms with Crippen molar-refractivity contribution in [2.75, 3.05) is 12.4 Å². The van der Waals surface area contributed by atoms with Crippen molar-refractivity contribution in [1.82, 2.24) is 9.55 Å². The van der Waals surface area contributed by atoms with E-state index in [-0.39, 0.29) is 5.56 Å². The van der Waals surface area contributed by atoms with Gasteiger partial charge in [-0.1, -0.05) is 35.5 Å². The van der Waals surface area contributed by atoms with Gasteiger partial charge in [-0.2, -0.15) is 0 Å². The van der Waals surface area contributed by atoms with Gasteiger partial charge in [0.05, 0.1) is 17.5 Å². The second-order valence-electron chi connectivity index (χ2n) is 5.97. The van der Waals surface area contributed by atoms with Gasteiger partial charge >= 0.3 is 0 Å². The van der Waals surface area contributed by atoms with Crippen molar-refractivity contribution in [2.24, 2.45) is 0 Å². The van der Waals surface area contributed by atoms with Gasteiger partial charge in [-0.25, -0.2) is 4.98 Å². The number of hydrogen-bond acceptors (Lipinski definition) is 4. The maximum atomic E-state index is 12.8. The zero-order valence-electron chi connectivity index (χ0n) is 13.5. The van der Waals surface area contributed by atoms with Crippen LogP contribution in [0.1, 0.15) is 18.9 Å². The van der Waals surface area contributed by atoms with Gasteiger partial charge in [-0.05, 0) is 49.2 Å². The molecule has 4 rings (SSSR count). The Morgan fingerprint density at radius 1 is 1.16 bits per heavy atom. The molecule has 1 heterocycles. The molecule has 1 aliphatic rings. The first kappa shape index (κ1) is 16.5. The second-order valence-corrected chi connectivity index (χ2v) is 7.47. The first-order valence-electron chi connectivity index (χ1n) is 8.25. The fourth-order valence-corrected chi connectivity index (χ4v) is 3.71. The molecular weight excluding hydrogens is 356 g/mol. The molecule has 0 atom stereocenters. The Balaban J connectivity index is 1.50. The van der Waals surface area contributed by atoms with Crippen molar-refractivity contribution < 1.29 is 4.74 Å². The molecule has 3 aromatic rings. The van der Waals surface area contributed by atoms with Gasteiger partial charge < -0.3 is 4.74 Å². The number of para-hydroxylation sites is 1. The Labute approximate surface area is 154 Å². The number of thioether (sulfide) groups is 1. The number of rotatable bonds is 6. The molecule has 0 bridgehead atoms. The van der Waals surface area contributed by atoms with Crippen molar-refractivity contribution in [3.63, 3.8) is 0 Å². The lowest BCUT2D eigenvalue weighted by atomic mass is 10.2. The molecule has 0 radical (unpaired) electrons. The zero-order valence-corrected chi connectivity index (χ0v) is 15.1. The van der Waals surface area contributed by atoms with Crippen LogP contribution in [0.3, 0.4) is 0 Å². The van der Waals surface area contributed by atoms with Crippen LogP contribution in [0, 0.1) is 0 Å². The molecule has 2 aromatic carbocycles. The van der Waals surface area contributed by atoms with E-state index >= 15 is 0 Å². The van der Waals surface area contributed by atoms with Crippen molar-refractivity contribution >= 4 is 34.3 Å². The molecule has 0 spiro atoms. The standard InChI is InChI=1S/C19H17ClN2O2S/c20-13-5-9-15(10-6-13)24-11-12-25-19-21-17-4-2-1-3-16(17)18(23)22(19)14-7-8-14/h1-6,9-10,14H,7-8,11-12H2. The maximum Gasteiger partial charge on any atom is 0.262 e. The zero-order chi connectivity index (χ0) is 17.2. The highest BCUT2D eigenvalue weighted by Crippen LogP contribution is 2.36. The third-order valence-electron chi connectivity index (χ3n) is 4.08. The first-order chi connectivity index (χ1) is 12.2. The van der Waals surface area contributed by atoms with Crippen LogP contribution in [0.15, 0.2) is 58.5 Å². The summed E-state index contributed by atoms with van der Waals surface area (Å²) in [5.74, 6) is 1.51. The smallest absolute Gasteiger partial charge is 0.262 e. The average Bonchev–Trinajstić information content (AvgIpc) is 3.45. The van der Waals surface area contributed by atoms with E-state index in [2.05, 4.69) is 0 Å². The van der Waals surface area contributed by atoms with Crippen LogP contribution in [0.5, 0.6) is 5.75 Å². The minimum atomic E-state index is 0.0641. The van der Waals surface area contributed by atoms with Gasteiger partial charge in [-0.3, -0.25) is 9.36 Å². The van der Waals surface area contributed by atoms with Crippen LogP contribution in [0.4, 0.5) is 0 Å². The Bertz CT molecular complexity index is 952. The highest BCUT2D eigenvalue weighted by Gasteiger charge is 2.28. The maximum absolute atomic E-state index is 12.8. The monoisotopic (exact) mass is 372 g/mol. The minimum Gasteiger partial charge on any atom is -0.493 e. The Morgan fingerprint density at radius 3 is 2.68 bits per heavy atom. The molecule has 1 aromatic heterocycles. The van der Waals surface area contributed by atoms with E-state index in [9.17, 15) is 4.79 Å². The normalized spacial score (nSPS) is 14.0. The van der Waals surface area contributed by atoms with Crippen molar-refractivity contribution in [3.8, 4) is 5.75 Å². The minimum absolute atomic E-state index is 0.0641. The van der Waals surface area contributed by atoms with Crippen LogP contribution in [-0.4, -0.2) is 21.9 Å². The molecule has 0 unspecified atom stereocenters. The van der Waals surface area contributed by atoms with Crippen LogP contribution < -0.4 is 10.3 Å². The van der Waals surface area contributed by atoms with Crippen molar-refractivity contribution in [1.29, 1.82) is 0 Å². The number of benzene rings is 2. The lowest BCUT2D eigenvalue weighted by Gasteiger charge is -2.12. The fourth-order valence-electron chi connectivity index (χ4n) is 2.71. The molecule has 0 aliphatic heterocycles. The van der Waals surface area contributed by atoms with E-state index < -0.39 is 0 Å². The second kappa shape index (κ2) is 7.10. The van der Waals surface area contributed by atoms with E-state index in [0.717, 1.165) is 35.0 Å². The van der Waals surface area contributed by atoms with Gasteiger partial charge in [0, 0.05) is 16.8 Å². The predicted molar refractivity (Wildman–Crippen MR) is 102 cm³/mol. The van der Waals surface area contributed by atoms with Gasteiger partial charge in [0.2, 0.25) is 0 Å². The highest BCUT2D eigenvalue weighted by atomic mass is 35.5. The van der Waals surface area contributed by atoms with Gasteiger partial charge in [0.15, 0.2) is 5.16 Å². The summed E-state index contributed by atoms with van der Waals surface area (Å²) in [4.78, 5) is 17.5. The van der Waals surface area contributed by atoms with Crippen molar-refractivity contribution in [2.45, 2.75) is 24.0 Å². The molecule has 0 saturated heterocycles. The molecule has 1 saturated carbocycles. The molecule has 0 amide bonds. The largest absolute Gasteiger partial charge is 0.493 e. The molecule has 4 nitrogen and oxygen atoms in total. The number of aromatic nitrogens is 2. The Kier molecular flexibility index (Phi) is 4.68. The third kappa shape index (κ3) is 3.67. The van der Waals surface area contributed by atoms with E-state index in [0.29, 0.717) is 23.1 Å². The summed E-state index contributed by atoms with van der Waals surface area (Å²) in [5, 5.41) is 2.16. The number of fused-ring (bicyclic) bond motifs is 1. The molecular formula is C19H17ClN2O2S. The van der Waals surface area contributed by atoms with Gasteiger partial charge in [0.25, 0.3) is 5.56 Å². The van der Waals surface area contributed by atoms with Crippen LogP contribution in [0.25, 0.3) is 10.9 Å². The number of ether oxygens (including phenoxy) is 1. The lowest BCUT2D eigenvalue weighted by Crippen LogP contribution is -2.22. The van der Waals surface area contributed by atoms with Crippen LogP contribution >= 0.6 is 23.4 Å². The van der Waals surface area contributed by atoms with Gasteiger partial charge in [0.1, 0.15) is 5.75 Å². The van der Waals surface area contributed by atoms with Crippen LogP contribution in [0.2, 0.25) is 5.02 Å². The summed E-state index contributed by atoms with van der Waals surface area (Å²) in [6.45, 7) is 0.541. The average molecular weight is 373 g/mol. The molecule has 128 valence electrons. The highest BCUT2D eigenvalue weighted by molar-refractivity contribution is 7.99. The van der Waals surface area contributed by atoms with E-state index in [1.54, 1.807) is 23.9 Å². The lowest BCUT2D eigenvalue weighted by molar-refractivity contribution is 0.344. The summed E-state index contributed by atoms with van der Waals surface area (Å²) in [7, 11) is 0. The molecule has 1 aliphatic carbocycles. The third-order valence-corrected chi connectivity index (χ3v) is 5.25. The Morgan fingerprint density at radius 2 is 1.92 bits per heavy atom. The molecule has 6 heteroatoms. The first-order valence-corrected chi connectivity index (χ1v) is 9.61. The number of halogens is 1. The van der Waals surface area contributed by atoms with E-state index in [1.807, 2.05) is 41.0 Å². The quantitative estimate of drug-likeness (QED) is 0.361. The molecule has 25 heavy (non-hydrogen) atoms. The SMILES string of the molecule is O=c1c2ccccc2nc(SCCOc2ccc(Cl)cc2)n1C1CC1. The predicted octanol–water partition coefficient (Wildman–Crippen LogP) is 4.56. The summed E-state index contributed by atoms with van der Waals surface area (Å²) in [6, 6.07) is 15.1. The summed E-state index contributed by atoms with van der Waals surface area (Å²) in [6.07, 6.45) is 2.10. The van der Waals surface area contributed by atoms with Crippen LogP contribution in [-0.2, 0) is 0 Å². The van der Waals surface area contributed by atoms with E-state index in [1.165, 1.54) is 0 Å². The summed E-state index contributed by atoms with van der Waals surface area (Å²) >= 11 is 7.44. The molecule has 0 N–H and O–H groups in total. The number of hydrogen-bond donors (Lipinski definition) is 0. The molecule has 1 fully saturated rings.